The van der Waals surface area contributed by atoms with Crippen LogP contribution in [0.2, 0.25) is 5.28 Å². The van der Waals surface area contributed by atoms with Gasteiger partial charge < -0.3 is 15.3 Å². The van der Waals surface area contributed by atoms with Crippen LogP contribution in [0.5, 0.6) is 0 Å². The van der Waals surface area contributed by atoms with Gasteiger partial charge in [0.2, 0.25) is 11.1 Å². The number of anilines is 1. The molecule has 96 valence electrons. The van der Waals surface area contributed by atoms with Gasteiger partial charge in [-0.15, -0.1) is 0 Å². The number of halogens is 1. The number of amides is 1. The molecule has 0 radical (unpaired) electrons. The number of nitro groups is 1. The van der Waals surface area contributed by atoms with Crippen molar-refractivity contribution in [3.05, 3.63) is 21.6 Å². The second kappa shape index (κ2) is 4.61. The van der Waals surface area contributed by atoms with Crippen LogP contribution in [0.25, 0.3) is 0 Å². The van der Waals surface area contributed by atoms with Gasteiger partial charge in [-0.3, -0.25) is 10.1 Å². The van der Waals surface area contributed by atoms with Gasteiger partial charge in [-0.2, -0.15) is 4.98 Å². The Morgan fingerprint density at radius 1 is 1.67 bits per heavy atom. The average molecular weight is 274 g/mol. The van der Waals surface area contributed by atoms with Crippen LogP contribution in [0.4, 0.5) is 16.3 Å². The molecule has 18 heavy (non-hydrogen) atoms. The Hall–Kier alpha value is -2.16. The molecule has 0 spiro atoms. The monoisotopic (exact) mass is 273 g/mol. The molecular weight excluding hydrogens is 266 g/mol. The minimum absolute atomic E-state index is 0.00459. The Kier molecular flexibility index (Phi) is 3.15. The quantitative estimate of drug-likeness (QED) is 0.475. The summed E-state index contributed by atoms with van der Waals surface area (Å²) in [7, 11) is 0. The van der Waals surface area contributed by atoms with Crippen LogP contribution in [0, 0.1) is 10.1 Å². The largest absolute Gasteiger partial charge is 0.465 e. The number of carbonyl (C=O) groups is 1. The molecule has 10 heteroatoms. The lowest BCUT2D eigenvalue weighted by molar-refractivity contribution is -0.384. The van der Waals surface area contributed by atoms with Gasteiger partial charge in [0.25, 0.3) is 0 Å². The first kappa shape index (κ1) is 12.3. The molecule has 2 rings (SSSR count). The SMILES string of the molecule is O=C(O)N1CC(Nc2nc(Cl)ncc2[N+](=O)[O-])C1. The maximum atomic E-state index is 10.7. The normalized spacial score (nSPS) is 15.1. The molecule has 2 N–H and O–H groups in total. The lowest BCUT2D eigenvalue weighted by Crippen LogP contribution is -2.56. The number of likely N-dealkylation sites (tertiary alicyclic amines) is 1. The smallest absolute Gasteiger partial charge is 0.407 e. The summed E-state index contributed by atoms with van der Waals surface area (Å²) in [6.45, 7) is 0.488. The van der Waals surface area contributed by atoms with E-state index < -0.39 is 11.0 Å². The van der Waals surface area contributed by atoms with Gasteiger partial charge in [-0.25, -0.2) is 9.78 Å². The molecule has 2 heterocycles. The van der Waals surface area contributed by atoms with E-state index in [0.29, 0.717) is 0 Å². The van der Waals surface area contributed by atoms with E-state index in [-0.39, 0.29) is 35.9 Å². The van der Waals surface area contributed by atoms with E-state index in [9.17, 15) is 14.9 Å². The predicted molar refractivity (Wildman–Crippen MR) is 60.7 cm³/mol. The molecule has 1 aromatic rings. The third kappa shape index (κ3) is 2.40. The zero-order valence-electron chi connectivity index (χ0n) is 8.91. The highest BCUT2D eigenvalue weighted by atomic mass is 35.5. The van der Waals surface area contributed by atoms with Crippen LogP contribution in [-0.4, -0.2) is 50.1 Å². The third-order valence-electron chi connectivity index (χ3n) is 2.43. The number of hydrogen-bond acceptors (Lipinski definition) is 6. The second-order valence-corrected chi connectivity index (χ2v) is 4.00. The molecule has 1 aromatic heterocycles. The Morgan fingerprint density at radius 2 is 2.33 bits per heavy atom. The van der Waals surface area contributed by atoms with Crippen LogP contribution in [0.1, 0.15) is 0 Å². The first-order chi connectivity index (χ1) is 8.47. The number of carboxylic acid groups (broad SMARTS) is 1. The second-order valence-electron chi connectivity index (χ2n) is 3.66. The van der Waals surface area contributed by atoms with Crippen molar-refractivity contribution in [1.29, 1.82) is 0 Å². The molecule has 1 aliphatic rings. The molecule has 0 aliphatic carbocycles. The number of nitrogens with one attached hydrogen (secondary N) is 1. The average Bonchev–Trinajstić information content (AvgIpc) is 2.21. The Morgan fingerprint density at radius 3 is 2.89 bits per heavy atom. The van der Waals surface area contributed by atoms with Gasteiger partial charge in [-0.1, -0.05) is 0 Å². The summed E-state index contributed by atoms with van der Waals surface area (Å²) in [5.41, 5.74) is -0.298. The van der Waals surface area contributed by atoms with Crippen LogP contribution in [0.3, 0.4) is 0 Å². The van der Waals surface area contributed by atoms with Crippen LogP contribution in [0.15, 0.2) is 6.20 Å². The molecular formula is C8H8ClN5O4. The maximum absolute atomic E-state index is 10.7. The first-order valence-electron chi connectivity index (χ1n) is 4.88. The highest BCUT2D eigenvalue weighted by molar-refractivity contribution is 6.28. The van der Waals surface area contributed by atoms with Gasteiger partial charge in [0, 0.05) is 13.1 Å². The molecule has 0 aromatic carbocycles. The van der Waals surface area contributed by atoms with E-state index in [1.165, 1.54) is 4.90 Å². The van der Waals surface area contributed by atoms with Gasteiger partial charge >= 0.3 is 11.8 Å². The van der Waals surface area contributed by atoms with Crippen molar-refractivity contribution in [3.8, 4) is 0 Å². The minimum atomic E-state index is -1.02. The fourth-order valence-corrected chi connectivity index (χ4v) is 1.65. The Labute approximate surface area is 106 Å². The van der Waals surface area contributed by atoms with E-state index in [0.717, 1.165) is 6.20 Å². The molecule has 1 amide bonds. The molecule has 1 aliphatic heterocycles. The highest BCUT2D eigenvalue weighted by Crippen LogP contribution is 2.24. The van der Waals surface area contributed by atoms with Gasteiger partial charge in [-0.05, 0) is 11.6 Å². The number of hydrogen-bond donors (Lipinski definition) is 2. The van der Waals surface area contributed by atoms with E-state index >= 15 is 0 Å². The van der Waals surface area contributed by atoms with Gasteiger partial charge in [0.15, 0.2) is 0 Å². The van der Waals surface area contributed by atoms with E-state index in [1.54, 1.807) is 0 Å². The van der Waals surface area contributed by atoms with E-state index in [2.05, 4.69) is 15.3 Å². The molecule has 0 saturated carbocycles. The van der Waals surface area contributed by atoms with Crippen LogP contribution in [-0.2, 0) is 0 Å². The summed E-state index contributed by atoms with van der Waals surface area (Å²) in [5, 5.41) is 22.0. The molecule has 1 saturated heterocycles. The van der Waals surface area contributed by atoms with E-state index in [1.807, 2.05) is 0 Å². The summed E-state index contributed by atoms with van der Waals surface area (Å²) in [6, 6.07) is -0.217. The van der Waals surface area contributed by atoms with Crippen LogP contribution < -0.4 is 5.32 Å². The molecule has 1 fully saturated rings. The van der Waals surface area contributed by atoms with Crippen LogP contribution >= 0.6 is 11.6 Å². The minimum Gasteiger partial charge on any atom is -0.465 e. The first-order valence-corrected chi connectivity index (χ1v) is 5.26. The van der Waals surface area contributed by atoms with E-state index in [4.69, 9.17) is 16.7 Å². The Balaban J connectivity index is 2.08. The van der Waals surface area contributed by atoms with Crippen molar-refractivity contribution in [2.24, 2.45) is 0 Å². The summed E-state index contributed by atoms with van der Waals surface area (Å²) >= 11 is 5.56. The molecule has 0 bridgehead atoms. The zero-order chi connectivity index (χ0) is 13.3. The van der Waals surface area contributed by atoms with Crippen molar-refractivity contribution in [2.45, 2.75) is 6.04 Å². The summed E-state index contributed by atoms with van der Waals surface area (Å²) < 4.78 is 0. The zero-order valence-corrected chi connectivity index (χ0v) is 9.66. The Bertz CT molecular complexity index is 504. The topological polar surface area (TPSA) is 121 Å². The third-order valence-corrected chi connectivity index (χ3v) is 2.61. The lowest BCUT2D eigenvalue weighted by Gasteiger charge is -2.37. The fraction of sp³-hybridized carbons (Fsp3) is 0.375. The van der Waals surface area contributed by atoms with Crippen molar-refractivity contribution >= 4 is 29.2 Å². The van der Waals surface area contributed by atoms with Crippen molar-refractivity contribution < 1.29 is 14.8 Å². The number of nitrogens with zero attached hydrogens (tertiary/aromatic N) is 4. The summed E-state index contributed by atoms with van der Waals surface area (Å²) in [5.74, 6) is -0.00459. The van der Waals surface area contributed by atoms with Crippen molar-refractivity contribution in [2.75, 3.05) is 18.4 Å². The van der Waals surface area contributed by atoms with Crippen molar-refractivity contribution in [3.63, 3.8) is 0 Å². The summed E-state index contributed by atoms with van der Waals surface area (Å²) in [4.78, 5) is 29.1. The summed E-state index contributed by atoms with van der Waals surface area (Å²) in [6.07, 6.45) is -0.0195. The molecule has 0 atom stereocenters. The van der Waals surface area contributed by atoms with Crippen molar-refractivity contribution in [1.82, 2.24) is 14.9 Å². The number of rotatable bonds is 3. The maximum Gasteiger partial charge on any atom is 0.407 e. The number of aromatic nitrogens is 2. The highest BCUT2D eigenvalue weighted by Gasteiger charge is 2.32. The predicted octanol–water partition coefficient (Wildman–Crippen LogP) is 0.812. The molecule has 9 nitrogen and oxygen atoms in total. The standard InChI is InChI=1S/C8H8ClN5O4/c9-7-10-1-5(14(17)18)6(12-7)11-4-2-13(3-4)8(15)16/h1,4H,2-3H2,(H,15,16)(H,10,11,12). The van der Waals surface area contributed by atoms with Gasteiger partial charge in [0.1, 0.15) is 6.20 Å². The fourth-order valence-electron chi connectivity index (χ4n) is 1.51. The molecule has 0 unspecified atom stereocenters. The lowest BCUT2D eigenvalue weighted by atomic mass is 10.1. The van der Waals surface area contributed by atoms with Gasteiger partial charge in [0.05, 0.1) is 11.0 Å².